The highest BCUT2D eigenvalue weighted by Gasteiger charge is 2.33. The van der Waals surface area contributed by atoms with E-state index in [4.69, 9.17) is 34.8 Å². The first-order valence-electron chi connectivity index (χ1n) is 12.8. The van der Waals surface area contributed by atoms with E-state index in [9.17, 15) is 18.0 Å². The SMILES string of the molecule is CCCCNC(=O)[C@H](C)N(Cc1ccc(Cl)cc1Cl)C(=O)CN(c1cccc(Cl)c1C)S(=O)(=O)c1ccccc1. The molecule has 0 aliphatic carbocycles. The Labute approximate surface area is 251 Å². The van der Waals surface area contributed by atoms with Crippen LogP contribution in [0.1, 0.15) is 37.8 Å². The molecular formula is C29H32Cl3N3O4S. The Morgan fingerprint density at radius 1 is 0.950 bits per heavy atom. The summed E-state index contributed by atoms with van der Waals surface area (Å²) in [7, 11) is -4.19. The van der Waals surface area contributed by atoms with Crippen LogP contribution in [0, 0.1) is 6.92 Å². The van der Waals surface area contributed by atoms with Crippen molar-refractivity contribution >= 4 is 62.3 Å². The van der Waals surface area contributed by atoms with Crippen molar-refractivity contribution in [3.63, 3.8) is 0 Å². The van der Waals surface area contributed by atoms with Gasteiger partial charge in [-0.15, -0.1) is 0 Å². The van der Waals surface area contributed by atoms with Crippen LogP contribution in [0.5, 0.6) is 0 Å². The number of hydrogen-bond donors (Lipinski definition) is 1. The fraction of sp³-hybridized carbons (Fsp3) is 0.310. The van der Waals surface area contributed by atoms with Gasteiger partial charge in [-0.1, -0.05) is 78.5 Å². The number of rotatable bonds is 12. The van der Waals surface area contributed by atoms with E-state index in [1.807, 2.05) is 6.92 Å². The number of nitrogens with one attached hydrogen (secondary N) is 1. The number of halogens is 3. The molecule has 3 aromatic rings. The van der Waals surface area contributed by atoms with Crippen LogP contribution in [0.3, 0.4) is 0 Å². The van der Waals surface area contributed by atoms with Crippen molar-refractivity contribution in [2.75, 3.05) is 17.4 Å². The van der Waals surface area contributed by atoms with Crippen molar-refractivity contribution in [2.24, 2.45) is 0 Å². The summed E-state index contributed by atoms with van der Waals surface area (Å²) in [5.74, 6) is -0.952. The molecule has 0 saturated heterocycles. The summed E-state index contributed by atoms with van der Waals surface area (Å²) >= 11 is 18.8. The number of sulfonamides is 1. The lowest BCUT2D eigenvalue weighted by Crippen LogP contribution is -2.51. The van der Waals surface area contributed by atoms with Gasteiger partial charge in [0.05, 0.1) is 10.6 Å². The molecule has 0 spiro atoms. The second-order valence-electron chi connectivity index (χ2n) is 9.29. The number of carbonyl (C=O) groups excluding carboxylic acids is 2. The summed E-state index contributed by atoms with van der Waals surface area (Å²) in [6.45, 7) is 5.14. The maximum atomic E-state index is 14.0. The lowest BCUT2D eigenvalue weighted by Gasteiger charge is -2.32. The monoisotopic (exact) mass is 623 g/mol. The van der Waals surface area contributed by atoms with E-state index in [-0.39, 0.29) is 23.0 Å². The first-order valence-corrected chi connectivity index (χ1v) is 15.4. The van der Waals surface area contributed by atoms with Gasteiger partial charge in [-0.25, -0.2) is 8.42 Å². The van der Waals surface area contributed by atoms with Gasteiger partial charge in [0.1, 0.15) is 12.6 Å². The van der Waals surface area contributed by atoms with Crippen LogP contribution in [0.15, 0.2) is 71.6 Å². The zero-order chi connectivity index (χ0) is 29.4. The topological polar surface area (TPSA) is 86.8 Å². The molecule has 0 aliphatic rings. The van der Waals surface area contributed by atoms with Gasteiger partial charge in [-0.3, -0.25) is 13.9 Å². The Balaban J connectivity index is 2.05. The Hall–Kier alpha value is -2.78. The summed E-state index contributed by atoms with van der Waals surface area (Å²) in [6.07, 6.45) is 1.68. The van der Waals surface area contributed by atoms with Crippen LogP contribution in [-0.2, 0) is 26.2 Å². The Morgan fingerprint density at radius 2 is 1.65 bits per heavy atom. The first kappa shape index (κ1) is 31.7. The van der Waals surface area contributed by atoms with Crippen LogP contribution in [0.2, 0.25) is 15.1 Å². The highest BCUT2D eigenvalue weighted by atomic mass is 35.5. The molecule has 0 saturated carbocycles. The molecule has 0 fully saturated rings. The summed E-state index contributed by atoms with van der Waals surface area (Å²) in [6, 6.07) is 16.6. The first-order chi connectivity index (χ1) is 19.0. The lowest BCUT2D eigenvalue weighted by molar-refractivity contribution is -0.139. The van der Waals surface area contributed by atoms with E-state index in [0.29, 0.717) is 32.7 Å². The minimum atomic E-state index is -4.19. The molecule has 3 aromatic carbocycles. The molecule has 3 rings (SSSR count). The Morgan fingerprint density at radius 3 is 2.30 bits per heavy atom. The van der Waals surface area contributed by atoms with Crippen molar-refractivity contribution in [1.29, 1.82) is 0 Å². The maximum Gasteiger partial charge on any atom is 0.264 e. The molecule has 0 unspecified atom stereocenters. The molecule has 0 aromatic heterocycles. The predicted molar refractivity (Wildman–Crippen MR) is 162 cm³/mol. The van der Waals surface area contributed by atoms with Gasteiger partial charge in [0.15, 0.2) is 0 Å². The number of carbonyl (C=O) groups is 2. The fourth-order valence-electron chi connectivity index (χ4n) is 4.05. The van der Waals surface area contributed by atoms with Crippen LogP contribution in [0.4, 0.5) is 5.69 Å². The number of benzene rings is 3. The molecule has 40 heavy (non-hydrogen) atoms. The quantitative estimate of drug-likeness (QED) is 0.234. The zero-order valence-corrected chi connectivity index (χ0v) is 25.6. The van der Waals surface area contributed by atoms with Gasteiger partial charge in [-0.2, -0.15) is 0 Å². The fourth-order valence-corrected chi connectivity index (χ4v) is 6.18. The molecule has 1 atom stereocenters. The third kappa shape index (κ3) is 7.69. The molecule has 2 amide bonds. The predicted octanol–water partition coefficient (Wildman–Crippen LogP) is 6.48. The minimum absolute atomic E-state index is 0.0137. The number of amides is 2. The second-order valence-corrected chi connectivity index (χ2v) is 12.4. The van der Waals surface area contributed by atoms with Gasteiger partial charge >= 0.3 is 0 Å². The molecule has 214 valence electrons. The van der Waals surface area contributed by atoms with Crippen molar-refractivity contribution in [3.8, 4) is 0 Å². The highest BCUT2D eigenvalue weighted by molar-refractivity contribution is 7.92. The Bertz CT molecular complexity index is 1450. The van der Waals surface area contributed by atoms with Crippen molar-refractivity contribution in [1.82, 2.24) is 10.2 Å². The zero-order valence-electron chi connectivity index (χ0n) is 22.5. The van der Waals surface area contributed by atoms with E-state index in [1.54, 1.807) is 68.4 Å². The van der Waals surface area contributed by atoms with Crippen LogP contribution < -0.4 is 9.62 Å². The van der Waals surface area contributed by atoms with Gasteiger partial charge in [0.2, 0.25) is 11.8 Å². The van der Waals surface area contributed by atoms with Crippen LogP contribution >= 0.6 is 34.8 Å². The average molecular weight is 625 g/mol. The average Bonchev–Trinajstić information content (AvgIpc) is 2.93. The third-order valence-corrected chi connectivity index (χ3v) is 9.24. The van der Waals surface area contributed by atoms with E-state index in [2.05, 4.69) is 5.32 Å². The van der Waals surface area contributed by atoms with Crippen molar-refractivity contribution in [2.45, 2.75) is 51.1 Å². The minimum Gasteiger partial charge on any atom is -0.354 e. The molecule has 0 radical (unpaired) electrons. The van der Waals surface area contributed by atoms with Gasteiger partial charge < -0.3 is 10.2 Å². The van der Waals surface area contributed by atoms with Gasteiger partial charge in [0.25, 0.3) is 10.0 Å². The van der Waals surface area contributed by atoms with Gasteiger partial charge in [-0.05, 0) is 67.8 Å². The summed E-state index contributed by atoms with van der Waals surface area (Å²) < 4.78 is 28.8. The smallest absolute Gasteiger partial charge is 0.264 e. The standard InChI is InChI=1S/C29H32Cl3N3O4S/c1-4-5-16-33-29(37)21(3)34(18-22-14-15-23(30)17-26(22)32)28(36)19-35(27-13-9-12-25(31)20(27)2)40(38,39)24-10-7-6-8-11-24/h6-15,17,21H,4-5,16,18-19H2,1-3H3,(H,33,37)/t21-/m0/s1. The number of unbranched alkanes of at least 4 members (excludes halogenated alkanes) is 1. The molecule has 11 heteroatoms. The molecule has 0 bridgehead atoms. The van der Waals surface area contributed by atoms with E-state index in [0.717, 1.165) is 17.1 Å². The second kappa shape index (κ2) is 14.2. The molecule has 7 nitrogen and oxygen atoms in total. The molecule has 0 aliphatic heterocycles. The number of nitrogens with zero attached hydrogens (tertiary/aromatic N) is 2. The number of anilines is 1. The lowest BCUT2D eigenvalue weighted by atomic mass is 10.1. The Kier molecular flexibility index (Phi) is 11.3. The highest BCUT2D eigenvalue weighted by Crippen LogP contribution is 2.31. The number of hydrogen-bond acceptors (Lipinski definition) is 4. The van der Waals surface area contributed by atoms with Crippen LogP contribution in [0.25, 0.3) is 0 Å². The van der Waals surface area contributed by atoms with Crippen molar-refractivity contribution in [3.05, 3.63) is 92.9 Å². The van der Waals surface area contributed by atoms with Gasteiger partial charge in [0, 0.05) is 28.2 Å². The van der Waals surface area contributed by atoms with Crippen LogP contribution in [-0.4, -0.2) is 44.3 Å². The molecule has 0 heterocycles. The largest absolute Gasteiger partial charge is 0.354 e. The summed E-state index contributed by atoms with van der Waals surface area (Å²) in [4.78, 5) is 28.4. The molecular weight excluding hydrogens is 593 g/mol. The van der Waals surface area contributed by atoms with E-state index >= 15 is 0 Å². The van der Waals surface area contributed by atoms with E-state index < -0.39 is 28.5 Å². The van der Waals surface area contributed by atoms with E-state index in [1.165, 1.54) is 17.0 Å². The third-order valence-electron chi connectivity index (χ3n) is 6.47. The summed E-state index contributed by atoms with van der Waals surface area (Å²) in [5, 5.41) is 3.95. The molecule has 1 N–H and O–H groups in total. The maximum absolute atomic E-state index is 14.0. The normalized spacial score (nSPS) is 12.1. The summed E-state index contributed by atoms with van der Waals surface area (Å²) in [5.41, 5.74) is 1.31. The van der Waals surface area contributed by atoms with Crippen molar-refractivity contribution < 1.29 is 18.0 Å².